The lowest BCUT2D eigenvalue weighted by atomic mass is 9.96. The summed E-state index contributed by atoms with van der Waals surface area (Å²) in [6.45, 7) is 0. The lowest BCUT2D eigenvalue weighted by molar-refractivity contribution is 0.102. The van der Waals surface area contributed by atoms with E-state index in [0.717, 1.165) is 41.8 Å². The predicted molar refractivity (Wildman–Crippen MR) is 82.0 cm³/mol. The van der Waals surface area contributed by atoms with Crippen molar-refractivity contribution in [2.75, 3.05) is 11.6 Å². The van der Waals surface area contributed by atoms with Gasteiger partial charge in [-0.05, 0) is 49.9 Å². The maximum absolute atomic E-state index is 12.3. The average molecular weight is 303 g/mol. The minimum Gasteiger partial charge on any atom is -0.321 e. The molecule has 1 atom stereocenters. The van der Waals surface area contributed by atoms with Gasteiger partial charge in [0.2, 0.25) is 0 Å². The van der Waals surface area contributed by atoms with Gasteiger partial charge in [0.1, 0.15) is 0 Å². The Hall–Kier alpha value is -1.95. The Bertz CT molecular complexity index is 691. The van der Waals surface area contributed by atoms with E-state index in [1.165, 1.54) is 0 Å². The van der Waals surface area contributed by atoms with E-state index in [0.29, 0.717) is 11.4 Å². The summed E-state index contributed by atoms with van der Waals surface area (Å²) in [5, 5.41) is 9.96. The number of nitrogens with zero attached hydrogens (tertiary/aromatic N) is 1. The molecule has 0 saturated heterocycles. The molecule has 6 heteroatoms. The number of aromatic nitrogens is 2. The van der Waals surface area contributed by atoms with E-state index in [-0.39, 0.29) is 5.91 Å². The number of carbonyl (C=O) groups excluding carboxylic acids is 1. The molecule has 0 radical (unpaired) electrons. The molecule has 2 N–H and O–H groups in total. The van der Waals surface area contributed by atoms with Crippen LogP contribution in [0.2, 0.25) is 0 Å². The number of benzene rings is 1. The highest BCUT2D eigenvalue weighted by atomic mass is 32.2. The van der Waals surface area contributed by atoms with E-state index in [4.69, 9.17) is 0 Å². The third-order valence-electron chi connectivity index (χ3n) is 3.72. The topological polar surface area (TPSA) is 74.8 Å². The van der Waals surface area contributed by atoms with Crippen LogP contribution in [0, 0.1) is 0 Å². The molecule has 0 bridgehead atoms. The number of rotatable bonds is 3. The number of nitrogens with one attached hydrogen (secondary N) is 2. The van der Waals surface area contributed by atoms with Gasteiger partial charge in [0, 0.05) is 38.9 Å². The van der Waals surface area contributed by atoms with E-state index in [1.54, 1.807) is 30.5 Å². The lowest BCUT2D eigenvalue weighted by Crippen LogP contribution is -2.15. The molecule has 0 unspecified atom stereocenters. The summed E-state index contributed by atoms with van der Waals surface area (Å²) in [6.07, 6.45) is 5.74. The monoisotopic (exact) mass is 303 g/mol. The first-order valence-corrected chi connectivity index (χ1v) is 8.52. The van der Waals surface area contributed by atoms with Crippen molar-refractivity contribution < 1.29 is 9.00 Å². The maximum atomic E-state index is 12.3. The molecule has 1 aliphatic rings. The van der Waals surface area contributed by atoms with Crippen LogP contribution in [0.3, 0.4) is 0 Å². The lowest BCUT2D eigenvalue weighted by Gasteiger charge is -2.11. The fourth-order valence-corrected chi connectivity index (χ4v) is 3.11. The zero-order valence-electron chi connectivity index (χ0n) is 11.8. The average Bonchev–Trinajstić information content (AvgIpc) is 2.92. The molecule has 0 fully saturated rings. The van der Waals surface area contributed by atoms with Crippen molar-refractivity contribution >= 4 is 22.4 Å². The molecule has 1 aromatic heterocycles. The second-order valence-electron chi connectivity index (χ2n) is 5.17. The van der Waals surface area contributed by atoms with Crippen LogP contribution in [0.4, 0.5) is 5.69 Å². The number of anilines is 1. The standard InChI is InChI=1S/C15H17N3O2S/c1-21(20)11-8-6-10(7-9-11)16-15(19)14-12-4-2-3-5-13(12)17-18-14/h6-9H,2-5H2,1H3,(H,16,19)(H,17,18)/t21-/m1/s1. The van der Waals surface area contributed by atoms with E-state index in [1.807, 2.05) is 0 Å². The Kier molecular flexibility index (Phi) is 3.88. The van der Waals surface area contributed by atoms with Crippen LogP contribution in [0.5, 0.6) is 0 Å². The van der Waals surface area contributed by atoms with Gasteiger partial charge in [-0.2, -0.15) is 5.10 Å². The number of H-pyrrole nitrogens is 1. The fourth-order valence-electron chi connectivity index (χ4n) is 2.59. The number of fused-ring (bicyclic) bond motifs is 1. The zero-order valence-corrected chi connectivity index (χ0v) is 12.6. The molecule has 1 amide bonds. The molecule has 3 rings (SSSR count). The Balaban J connectivity index is 1.77. The molecule has 21 heavy (non-hydrogen) atoms. The molecule has 0 saturated carbocycles. The van der Waals surface area contributed by atoms with Gasteiger partial charge in [-0.15, -0.1) is 0 Å². The molecule has 0 aliphatic heterocycles. The summed E-state index contributed by atoms with van der Waals surface area (Å²) in [7, 11) is -1.01. The zero-order chi connectivity index (χ0) is 14.8. The van der Waals surface area contributed by atoms with E-state index in [2.05, 4.69) is 15.5 Å². The fraction of sp³-hybridized carbons (Fsp3) is 0.333. The summed E-state index contributed by atoms with van der Waals surface area (Å²) in [4.78, 5) is 13.1. The summed E-state index contributed by atoms with van der Waals surface area (Å²) in [5.41, 5.74) is 3.31. The van der Waals surface area contributed by atoms with Crippen molar-refractivity contribution in [2.45, 2.75) is 30.6 Å². The van der Waals surface area contributed by atoms with Crippen molar-refractivity contribution in [3.8, 4) is 0 Å². The van der Waals surface area contributed by atoms with Gasteiger partial charge in [-0.3, -0.25) is 14.1 Å². The smallest absolute Gasteiger partial charge is 0.276 e. The van der Waals surface area contributed by atoms with Crippen molar-refractivity contribution in [1.82, 2.24) is 10.2 Å². The van der Waals surface area contributed by atoms with Crippen molar-refractivity contribution in [3.63, 3.8) is 0 Å². The minimum atomic E-state index is -1.01. The van der Waals surface area contributed by atoms with Crippen molar-refractivity contribution in [2.24, 2.45) is 0 Å². The van der Waals surface area contributed by atoms with E-state index < -0.39 is 10.8 Å². The predicted octanol–water partition coefficient (Wildman–Crippen LogP) is 2.28. The third-order valence-corrected chi connectivity index (χ3v) is 4.65. The maximum Gasteiger partial charge on any atom is 0.276 e. The van der Waals surface area contributed by atoms with Crippen molar-refractivity contribution in [1.29, 1.82) is 0 Å². The quantitative estimate of drug-likeness (QED) is 0.913. The molecule has 1 heterocycles. The number of carbonyl (C=O) groups is 1. The van der Waals surface area contributed by atoms with Crippen molar-refractivity contribution in [3.05, 3.63) is 41.2 Å². The van der Waals surface area contributed by atoms with Gasteiger partial charge in [0.25, 0.3) is 5.91 Å². The van der Waals surface area contributed by atoms with Crippen LogP contribution in [0.1, 0.15) is 34.6 Å². The van der Waals surface area contributed by atoms with Gasteiger partial charge in [-0.1, -0.05) is 0 Å². The van der Waals surface area contributed by atoms with Gasteiger partial charge >= 0.3 is 0 Å². The first-order chi connectivity index (χ1) is 10.1. The van der Waals surface area contributed by atoms with Gasteiger partial charge in [0.15, 0.2) is 5.69 Å². The summed E-state index contributed by atoms with van der Waals surface area (Å²) in [6, 6.07) is 7.03. The highest BCUT2D eigenvalue weighted by Gasteiger charge is 2.21. The summed E-state index contributed by atoms with van der Waals surface area (Å²) in [5.74, 6) is -0.195. The normalized spacial score (nSPS) is 15.3. The number of aromatic amines is 1. The van der Waals surface area contributed by atoms with E-state index in [9.17, 15) is 9.00 Å². The molecule has 1 aromatic carbocycles. The molecule has 5 nitrogen and oxygen atoms in total. The SMILES string of the molecule is C[S@@](=O)c1ccc(NC(=O)c2n[nH]c3c2CCCC3)cc1. The van der Waals surface area contributed by atoms with Gasteiger partial charge in [-0.25, -0.2) is 0 Å². The summed E-state index contributed by atoms with van der Waals surface area (Å²) < 4.78 is 11.3. The first-order valence-electron chi connectivity index (χ1n) is 6.96. The highest BCUT2D eigenvalue weighted by Crippen LogP contribution is 2.23. The number of hydrogen-bond acceptors (Lipinski definition) is 3. The molecule has 1 aliphatic carbocycles. The first kappa shape index (κ1) is 14.0. The van der Waals surface area contributed by atoms with Crippen LogP contribution in [-0.4, -0.2) is 26.6 Å². The molecular formula is C15H17N3O2S. The van der Waals surface area contributed by atoms with Crippen LogP contribution < -0.4 is 5.32 Å². The Morgan fingerprint density at radius 2 is 1.95 bits per heavy atom. The molecular weight excluding hydrogens is 286 g/mol. The second kappa shape index (κ2) is 5.81. The molecule has 0 spiro atoms. The molecule has 2 aromatic rings. The van der Waals surface area contributed by atoms with Crippen LogP contribution in [0.15, 0.2) is 29.2 Å². The van der Waals surface area contributed by atoms with Gasteiger partial charge in [0.05, 0.1) is 0 Å². The third kappa shape index (κ3) is 2.90. The van der Waals surface area contributed by atoms with Crippen LogP contribution in [0.25, 0.3) is 0 Å². The van der Waals surface area contributed by atoms with Crippen LogP contribution >= 0.6 is 0 Å². The minimum absolute atomic E-state index is 0.195. The highest BCUT2D eigenvalue weighted by molar-refractivity contribution is 7.84. The van der Waals surface area contributed by atoms with E-state index >= 15 is 0 Å². The Morgan fingerprint density at radius 1 is 1.24 bits per heavy atom. The number of hydrogen-bond donors (Lipinski definition) is 2. The Labute approximate surface area is 125 Å². The largest absolute Gasteiger partial charge is 0.321 e. The molecule has 110 valence electrons. The number of aryl methyl sites for hydroxylation is 1. The van der Waals surface area contributed by atoms with Crippen LogP contribution in [-0.2, 0) is 23.6 Å². The number of amides is 1. The Morgan fingerprint density at radius 3 is 2.67 bits per heavy atom. The van der Waals surface area contributed by atoms with Gasteiger partial charge < -0.3 is 5.32 Å². The second-order valence-corrected chi connectivity index (χ2v) is 6.55. The summed E-state index contributed by atoms with van der Waals surface area (Å²) >= 11 is 0.